The molecule has 3 heterocycles. The van der Waals surface area contributed by atoms with Crippen LogP contribution < -0.4 is 5.73 Å². The lowest BCUT2D eigenvalue weighted by Gasteiger charge is -2.54. The Labute approximate surface area is 172 Å². The summed E-state index contributed by atoms with van der Waals surface area (Å²) in [7, 11) is 3.28. The maximum absolute atomic E-state index is 12.9. The van der Waals surface area contributed by atoms with E-state index < -0.39 is 28.6 Å². The fourth-order valence-corrected chi connectivity index (χ4v) is 5.38. The van der Waals surface area contributed by atoms with E-state index >= 15 is 0 Å². The summed E-state index contributed by atoms with van der Waals surface area (Å²) in [5.74, 6) is 0.844. The maximum atomic E-state index is 12.9. The third-order valence-corrected chi connectivity index (χ3v) is 7.00. The molecule has 0 spiro atoms. The largest absolute Gasteiger partial charge is 0.455 e. The van der Waals surface area contributed by atoms with Crippen LogP contribution in [0.2, 0.25) is 0 Å². The minimum Gasteiger partial charge on any atom is -0.455 e. The zero-order valence-corrected chi connectivity index (χ0v) is 18.4. The highest BCUT2D eigenvalue weighted by molar-refractivity contribution is 8.01. The van der Waals surface area contributed by atoms with E-state index in [1.54, 1.807) is 20.8 Å². The summed E-state index contributed by atoms with van der Waals surface area (Å²) < 4.78 is 12.7. The van der Waals surface area contributed by atoms with Gasteiger partial charge in [-0.15, -0.1) is 22.0 Å². The molecule has 1 amide bonds. The Hall–Kier alpha value is -1.56. The molecular formula is C17H25N5O4S2. The monoisotopic (exact) mass is 427 g/mol. The van der Waals surface area contributed by atoms with Crippen LogP contribution in [0, 0.1) is 6.92 Å². The van der Waals surface area contributed by atoms with Crippen molar-refractivity contribution in [3.8, 4) is 0 Å². The molecule has 154 valence electrons. The van der Waals surface area contributed by atoms with Gasteiger partial charge in [0.2, 0.25) is 5.72 Å². The lowest BCUT2D eigenvalue weighted by molar-refractivity contribution is -0.184. The summed E-state index contributed by atoms with van der Waals surface area (Å²) in [6, 6.07) is 0. The molecule has 11 heteroatoms. The van der Waals surface area contributed by atoms with Gasteiger partial charge in [-0.1, -0.05) is 11.8 Å². The molecule has 2 atom stereocenters. The molecule has 1 saturated heterocycles. The van der Waals surface area contributed by atoms with Crippen molar-refractivity contribution in [3.05, 3.63) is 17.1 Å². The van der Waals surface area contributed by atoms with E-state index in [1.807, 2.05) is 18.5 Å². The summed E-state index contributed by atoms with van der Waals surface area (Å²) in [4.78, 5) is 27.0. The zero-order valence-electron chi connectivity index (χ0n) is 16.8. The number of nitrogens with zero attached hydrogens (tertiary/aromatic N) is 4. The van der Waals surface area contributed by atoms with E-state index in [1.165, 1.54) is 35.5 Å². The summed E-state index contributed by atoms with van der Waals surface area (Å²) in [5.41, 5.74) is 5.04. The van der Waals surface area contributed by atoms with Crippen molar-refractivity contribution >= 4 is 35.4 Å². The van der Waals surface area contributed by atoms with Crippen molar-refractivity contribution in [2.24, 2.45) is 12.8 Å². The van der Waals surface area contributed by atoms with Gasteiger partial charge in [-0.25, -0.2) is 4.79 Å². The molecule has 2 aliphatic rings. The molecule has 0 aromatic carbocycles. The molecule has 0 aliphatic carbocycles. The first-order valence-electron chi connectivity index (χ1n) is 8.73. The Morgan fingerprint density at radius 3 is 2.64 bits per heavy atom. The predicted molar refractivity (Wildman–Crippen MR) is 106 cm³/mol. The van der Waals surface area contributed by atoms with Gasteiger partial charge in [0, 0.05) is 25.7 Å². The fraction of sp³-hybridized carbons (Fsp3) is 0.647. The Morgan fingerprint density at radius 1 is 1.43 bits per heavy atom. The Balaban J connectivity index is 1.91. The van der Waals surface area contributed by atoms with Crippen LogP contribution in [0.4, 0.5) is 0 Å². The van der Waals surface area contributed by atoms with E-state index in [9.17, 15) is 9.59 Å². The first-order chi connectivity index (χ1) is 13.0. The summed E-state index contributed by atoms with van der Waals surface area (Å²) in [6.45, 7) is 7.24. The number of nitrogens with two attached hydrogens (primary N) is 1. The average molecular weight is 428 g/mol. The van der Waals surface area contributed by atoms with Gasteiger partial charge in [-0.05, 0) is 33.3 Å². The molecule has 1 aromatic rings. The Bertz CT molecular complexity index is 847. The number of aromatic nitrogens is 3. The van der Waals surface area contributed by atoms with Crippen LogP contribution in [-0.4, -0.2) is 66.9 Å². The molecule has 28 heavy (non-hydrogen) atoms. The number of thioether (sulfide) groups is 2. The summed E-state index contributed by atoms with van der Waals surface area (Å²) >= 11 is 2.93. The van der Waals surface area contributed by atoms with Gasteiger partial charge in [0.05, 0.1) is 0 Å². The number of amides is 1. The molecule has 9 nitrogen and oxygen atoms in total. The Morgan fingerprint density at radius 2 is 2.11 bits per heavy atom. The van der Waals surface area contributed by atoms with E-state index in [0.29, 0.717) is 11.5 Å². The number of ether oxygens (including phenoxy) is 2. The number of β-lactam (4-membered cyclic amide) rings is 1. The smallest absolute Gasteiger partial charge is 0.355 e. The molecule has 0 bridgehead atoms. The van der Waals surface area contributed by atoms with Crippen molar-refractivity contribution in [1.82, 2.24) is 19.7 Å². The zero-order chi connectivity index (χ0) is 20.9. The highest BCUT2D eigenvalue weighted by atomic mass is 32.2. The van der Waals surface area contributed by atoms with Gasteiger partial charge < -0.3 is 14.0 Å². The molecule has 1 aromatic heterocycles. The number of carbonyl (C=O) groups is 2. The first kappa shape index (κ1) is 21.2. The molecule has 3 rings (SSSR count). The van der Waals surface area contributed by atoms with Gasteiger partial charge >= 0.3 is 5.97 Å². The van der Waals surface area contributed by atoms with Crippen LogP contribution in [-0.2, 0) is 26.1 Å². The van der Waals surface area contributed by atoms with Crippen molar-refractivity contribution in [3.63, 3.8) is 0 Å². The normalized spacial score (nSPS) is 24.9. The van der Waals surface area contributed by atoms with Gasteiger partial charge in [-0.2, -0.15) is 0 Å². The van der Waals surface area contributed by atoms with Gasteiger partial charge in [0.1, 0.15) is 22.5 Å². The van der Waals surface area contributed by atoms with Crippen molar-refractivity contribution < 1.29 is 19.1 Å². The second-order valence-electron chi connectivity index (χ2n) is 7.67. The minimum atomic E-state index is -1.42. The van der Waals surface area contributed by atoms with Crippen molar-refractivity contribution in [1.29, 1.82) is 0 Å². The number of aryl methyl sites for hydroxylation is 1. The SMILES string of the molecule is CO[C@@]1(N)C(=O)N2C(C(=O)OC(C)(C)C)=C(CSc3nnc(C)n3C)CS[C@H]21. The van der Waals surface area contributed by atoms with E-state index in [0.717, 1.165) is 16.6 Å². The lowest BCUT2D eigenvalue weighted by atomic mass is 9.99. The number of fused-ring (bicyclic) bond motifs is 1. The number of methoxy groups -OCH3 is 1. The number of rotatable bonds is 5. The van der Waals surface area contributed by atoms with Crippen LogP contribution in [0.3, 0.4) is 0 Å². The van der Waals surface area contributed by atoms with Gasteiger partial charge in [0.25, 0.3) is 5.91 Å². The quantitative estimate of drug-likeness (QED) is 0.318. The van der Waals surface area contributed by atoms with Crippen LogP contribution >= 0.6 is 23.5 Å². The lowest BCUT2D eigenvalue weighted by Crippen LogP contribution is -2.78. The third-order valence-electron chi connectivity index (χ3n) is 4.50. The van der Waals surface area contributed by atoms with Crippen molar-refractivity contribution in [2.75, 3.05) is 18.6 Å². The second kappa shape index (κ2) is 7.36. The van der Waals surface area contributed by atoms with E-state index in [4.69, 9.17) is 15.2 Å². The summed E-state index contributed by atoms with van der Waals surface area (Å²) in [6.07, 6.45) is 0. The molecule has 1 fully saturated rings. The highest BCUT2D eigenvalue weighted by Gasteiger charge is 2.63. The second-order valence-corrected chi connectivity index (χ2v) is 9.68. The van der Waals surface area contributed by atoms with E-state index in [2.05, 4.69) is 10.2 Å². The Kier molecular flexibility index (Phi) is 5.56. The van der Waals surface area contributed by atoms with Gasteiger partial charge in [0.15, 0.2) is 5.16 Å². The number of esters is 1. The summed E-state index contributed by atoms with van der Waals surface area (Å²) in [5, 5.41) is 8.46. The maximum Gasteiger partial charge on any atom is 0.355 e. The molecule has 2 aliphatic heterocycles. The van der Waals surface area contributed by atoms with Crippen LogP contribution in [0.25, 0.3) is 0 Å². The molecule has 0 saturated carbocycles. The van der Waals surface area contributed by atoms with E-state index in [-0.39, 0.29) is 5.70 Å². The molecular weight excluding hydrogens is 402 g/mol. The standard InChI is InChI=1S/C17H25N5O4S2/c1-9-19-20-15(21(9)5)28-8-10-7-27-14-17(18,25-6)13(24)22(14)11(10)12(23)26-16(2,3)4/h14H,7-8,18H2,1-6H3/t14-,17-/m0/s1. The average Bonchev–Trinajstić information content (AvgIpc) is 2.95. The van der Waals surface area contributed by atoms with Gasteiger partial charge in [-0.3, -0.25) is 15.4 Å². The van der Waals surface area contributed by atoms with Crippen molar-refractivity contribution in [2.45, 2.75) is 49.6 Å². The first-order valence-corrected chi connectivity index (χ1v) is 10.8. The highest BCUT2D eigenvalue weighted by Crippen LogP contribution is 2.46. The number of hydrogen-bond acceptors (Lipinski definition) is 9. The number of hydrogen-bond donors (Lipinski definition) is 1. The minimum absolute atomic E-state index is 0.258. The predicted octanol–water partition coefficient (Wildman–Crippen LogP) is 1.03. The van der Waals surface area contributed by atoms with Crippen LogP contribution in [0.1, 0.15) is 26.6 Å². The fourth-order valence-electron chi connectivity index (χ4n) is 2.89. The third kappa shape index (κ3) is 3.56. The van der Waals surface area contributed by atoms with Crippen LogP contribution in [0.5, 0.6) is 0 Å². The molecule has 0 unspecified atom stereocenters. The number of carbonyl (C=O) groups excluding carboxylic acids is 2. The molecule has 0 radical (unpaired) electrons. The molecule has 2 N–H and O–H groups in total. The van der Waals surface area contributed by atoms with Crippen LogP contribution in [0.15, 0.2) is 16.4 Å². The topological polar surface area (TPSA) is 113 Å².